The molecule has 15 heavy (non-hydrogen) atoms. The molecule has 0 amide bonds. The first-order chi connectivity index (χ1) is 7.08. The van der Waals surface area contributed by atoms with Gasteiger partial charge < -0.3 is 0 Å². The second-order valence-corrected chi connectivity index (χ2v) is 5.32. The van der Waals surface area contributed by atoms with Gasteiger partial charge in [-0.15, -0.1) is 11.3 Å². The van der Waals surface area contributed by atoms with Gasteiger partial charge in [0.2, 0.25) is 0 Å². The van der Waals surface area contributed by atoms with E-state index in [-0.39, 0.29) is 5.56 Å². The van der Waals surface area contributed by atoms with E-state index < -0.39 is 11.6 Å². The third-order valence-electron chi connectivity index (χ3n) is 1.90. The molecule has 0 aliphatic heterocycles. The van der Waals surface area contributed by atoms with E-state index in [1.165, 1.54) is 11.3 Å². The van der Waals surface area contributed by atoms with Crippen molar-refractivity contribution < 1.29 is 8.78 Å². The zero-order valence-electron chi connectivity index (χ0n) is 7.72. The third-order valence-corrected chi connectivity index (χ3v) is 3.94. The van der Waals surface area contributed by atoms with Crippen LogP contribution in [-0.4, -0.2) is 4.98 Å². The van der Waals surface area contributed by atoms with E-state index in [0.717, 1.165) is 27.7 Å². The molecule has 0 aliphatic rings. The summed E-state index contributed by atoms with van der Waals surface area (Å²) >= 11 is 4.59. The van der Waals surface area contributed by atoms with Gasteiger partial charge in [0.05, 0.1) is 9.48 Å². The number of aryl methyl sites for hydroxylation is 1. The number of benzene rings is 1. The van der Waals surface area contributed by atoms with Crippen LogP contribution in [0.5, 0.6) is 0 Å². The summed E-state index contributed by atoms with van der Waals surface area (Å²) in [5.41, 5.74) is 0.979. The van der Waals surface area contributed by atoms with Crippen molar-refractivity contribution in [1.29, 1.82) is 0 Å². The van der Waals surface area contributed by atoms with Crippen molar-refractivity contribution in [3.05, 3.63) is 39.3 Å². The summed E-state index contributed by atoms with van der Waals surface area (Å²) in [5, 5.41) is 0.483. The lowest BCUT2D eigenvalue weighted by molar-refractivity contribution is 0.603. The smallest absolute Gasteiger partial charge is 0.133 e. The molecule has 2 rings (SSSR count). The molecule has 1 aromatic carbocycles. The Hall–Kier alpha value is -0.810. The highest BCUT2D eigenvalue weighted by molar-refractivity contribution is 9.11. The van der Waals surface area contributed by atoms with Crippen LogP contribution in [0.2, 0.25) is 0 Å². The van der Waals surface area contributed by atoms with E-state index in [9.17, 15) is 8.78 Å². The van der Waals surface area contributed by atoms with Gasteiger partial charge in [-0.05, 0) is 41.1 Å². The van der Waals surface area contributed by atoms with Crippen molar-refractivity contribution in [2.24, 2.45) is 0 Å². The molecule has 0 unspecified atom stereocenters. The Balaban J connectivity index is 2.58. The predicted molar refractivity (Wildman–Crippen MR) is 59.9 cm³/mol. The van der Waals surface area contributed by atoms with Crippen molar-refractivity contribution in [1.82, 2.24) is 4.98 Å². The molecule has 2 aromatic rings. The molecule has 1 nitrogen and oxygen atoms in total. The molecule has 0 atom stereocenters. The predicted octanol–water partition coefficient (Wildman–Crippen LogP) is 4.16. The number of thiazole rings is 1. The number of aromatic nitrogens is 1. The van der Waals surface area contributed by atoms with Crippen LogP contribution in [0.4, 0.5) is 8.78 Å². The van der Waals surface area contributed by atoms with Gasteiger partial charge in [-0.3, -0.25) is 0 Å². The van der Waals surface area contributed by atoms with Crippen LogP contribution in [0.3, 0.4) is 0 Å². The number of halogens is 3. The summed E-state index contributed by atoms with van der Waals surface area (Å²) in [4.78, 5) is 4.15. The summed E-state index contributed by atoms with van der Waals surface area (Å²) in [6.45, 7) is 1.81. The molecule has 0 saturated heterocycles. The second-order valence-electron chi connectivity index (χ2n) is 3.00. The SMILES string of the molecule is Cc1nc(-c2cc(F)ccc2F)sc1Br. The molecule has 1 aromatic heterocycles. The fourth-order valence-electron chi connectivity index (χ4n) is 1.15. The van der Waals surface area contributed by atoms with Crippen LogP contribution in [0.1, 0.15) is 5.69 Å². The average Bonchev–Trinajstić information content (AvgIpc) is 2.51. The van der Waals surface area contributed by atoms with E-state index >= 15 is 0 Å². The second kappa shape index (κ2) is 3.98. The minimum absolute atomic E-state index is 0.203. The van der Waals surface area contributed by atoms with Crippen LogP contribution in [0.15, 0.2) is 22.0 Å². The van der Waals surface area contributed by atoms with E-state index in [0.29, 0.717) is 5.01 Å². The third kappa shape index (κ3) is 2.08. The summed E-state index contributed by atoms with van der Waals surface area (Å²) in [5.74, 6) is -0.923. The molecular weight excluding hydrogens is 284 g/mol. The molecule has 78 valence electrons. The van der Waals surface area contributed by atoms with Gasteiger partial charge in [0, 0.05) is 5.56 Å². The Morgan fingerprint density at radius 2 is 2.07 bits per heavy atom. The summed E-state index contributed by atoms with van der Waals surface area (Å²) in [6.07, 6.45) is 0. The average molecular weight is 290 g/mol. The first-order valence-corrected chi connectivity index (χ1v) is 5.77. The molecule has 0 bridgehead atoms. The van der Waals surface area contributed by atoms with Gasteiger partial charge in [0.15, 0.2) is 0 Å². The van der Waals surface area contributed by atoms with Gasteiger partial charge in [-0.25, -0.2) is 13.8 Å². The van der Waals surface area contributed by atoms with Crippen LogP contribution in [0.25, 0.3) is 10.6 Å². The van der Waals surface area contributed by atoms with Crippen LogP contribution < -0.4 is 0 Å². The zero-order chi connectivity index (χ0) is 11.0. The van der Waals surface area contributed by atoms with E-state index in [1.54, 1.807) is 6.92 Å². The molecule has 0 radical (unpaired) electrons. The Labute approximate surface area is 97.9 Å². The monoisotopic (exact) mass is 289 g/mol. The van der Waals surface area contributed by atoms with Gasteiger partial charge in [-0.2, -0.15) is 0 Å². The number of nitrogens with zero attached hydrogens (tertiary/aromatic N) is 1. The number of hydrogen-bond acceptors (Lipinski definition) is 2. The van der Waals surface area contributed by atoms with E-state index in [4.69, 9.17) is 0 Å². The van der Waals surface area contributed by atoms with Crippen molar-refractivity contribution in [2.45, 2.75) is 6.92 Å². The van der Waals surface area contributed by atoms with Crippen molar-refractivity contribution in [2.75, 3.05) is 0 Å². The Morgan fingerprint density at radius 3 is 2.67 bits per heavy atom. The molecule has 5 heteroatoms. The minimum atomic E-state index is -0.463. The first-order valence-electron chi connectivity index (χ1n) is 4.16. The molecule has 1 heterocycles. The fourth-order valence-corrected chi connectivity index (χ4v) is 2.52. The Morgan fingerprint density at radius 1 is 1.33 bits per heavy atom. The molecular formula is C10H6BrF2NS. The van der Waals surface area contributed by atoms with E-state index in [2.05, 4.69) is 20.9 Å². The van der Waals surface area contributed by atoms with Crippen LogP contribution in [0, 0.1) is 18.6 Å². The maximum Gasteiger partial charge on any atom is 0.133 e. The number of rotatable bonds is 1. The van der Waals surface area contributed by atoms with Gasteiger partial charge in [-0.1, -0.05) is 0 Å². The normalized spacial score (nSPS) is 10.7. The topological polar surface area (TPSA) is 12.9 Å². The zero-order valence-corrected chi connectivity index (χ0v) is 10.1. The van der Waals surface area contributed by atoms with Gasteiger partial charge >= 0.3 is 0 Å². The lowest BCUT2D eigenvalue weighted by Gasteiger charge is -1.98. The largest absolute Gasteiger partial charge is 0.240 e. The highest BCUT2D eigenvalue weighted by Crippen LogP contribution is 2.33. The summed E-state index contributed by atoms with van der Waals surface area (Å²) < 4.78 is 27.2. The molecule has 0 spiro atoms. The molecule has 0 saturated carbocycles. The Bertz CT molecular complexity index is 491. The molecule has 0 fully saturated rings. The molecule has 0 N–H and O–H groups in total. The van der Waals surface area contributed by atoms with Crippen LogP contribution >= 0.6 is 27.3 Å². The van der Waals surface area contributed by atoms with E-state index in [1.807, 2.05) is 0 Å². The van der Waals surface area contributed by atoms with Crippen molar-refractivity contribution in [3.8, 4) is 10.6 Å². The molecule has 0 aliphatic carbocycles. The lowest BCUT2D eigenvalue weighted by Crippen LogP contribution is -1.85. The van der Waals surface area contributed by atoms with Gasteiger partial charge in [0.25, 0.3) is 0 Å². The minimum Gasteiger partial charge on any atom is -0.240 e. The number of hydrogen-bond donors (Lipinski definition) is 0. The quantitative estimate of drug-likeness (QED) is 0.768. The first kappa shape index (κ1) is 10.7. The summed E-state index contributed by atoms with van der Waals surface area (Å²) in [7, 11) is 0. The highest BCUT2D eigenvalue weighted by atomic mass is 79.9. The maximum atomic E-state index is 13.4. The van der Waals surface area contributed by atoms with Crippen molar-refractivity contribution in [3.63, 3.8) is 0 Å². The fraction of sp³-hybridized carbons (Fsp3) is 0.100. The Kier molecular flexibility index (Phi) is 2.84. The standard InChI is InChI=1S/C10H6BrF2NS/c1-5-9(11)15-10(14-5)7-4-6(12)2-3-8(7)13/h2-4H,1H3. The lowest BCUT2D eigenvalue weighted by atomic mass is 10.2. The van der Waals surface area contributed by atoms with Gasteiger partial charge in [0.1, 0.15) is 16.6 Å². The summed E-state index contributed by atoms with van der Waals surface area (Å²) in [6, 6.07) is 3.35. The highest BCUT2D eigenvalue weighted by Gasteiger charge is 2.12. The van der Waals surface area contributed by atoms with Crippen LogP contribution in [-0.2, 0) is 0 Å². The maximum absolute atomic E-state index is 13.4. The van der Waals surface area contributed by atoms with Crippen molar-refractivity contribution >= 4 is 27.3 Å².